The van der Waals surface area contributed by atoms with Gasteiger partial charge in [0.25, 0.3) is 0 Å². The first kappa shape index (κ1) is 24.1. The summed E-state index contributed by atoms with van der Waals surface area (Å²) in [6.45, 7) is 10.8. The Kier molecular flexibility index (Phi) is 14.9. The van der Waals surface area contributed by atoms with Gasteiger partial charge in [0.15, 0.2) is 5.96 Å². The van der Waals surface area contributed by atoms with Crippen molar-refractivity contribution in [2.45, 2.75) is 40.3 Å². The second-order valence-electron chi connectivity index (χ2n) is 6.12. The van der Waals surface area contributed by atoms with Gasteiger partial charge in [0.05, 0.1) is 19.8 Å². The summed E-state index contributed by atoms with van der Waals surface area (Å²) in [7, 11) is 1.71. The molecule has 0 bridgehead atoms. The molecule has 0 aromatic heterocycles. The second-order valence-corrected chi connectivity index (χ2v) is 6.12. The summed E-state index contributed by atoms with van der Waals surface area (Å²) in [4.78, 5) is 4.66. The number of aliphatic imine (C=N–C) groups is 1. The molecule has 0 fully saturated rings. The van der Waals surface area contributed by atoms with E-state index in [2.05, 4.69) is 48.5 Å². The van der Waals surface area contributed by atoms with Crippen LogP contribution >= 0.6 is 24.0 Å². The molecule has 25 heavy (non-hydrogen) atoms. The molecular formula is C19H34IN3O2. The highest BCUT2D eigenvalue weighted by Gasteiger charge is 2.02. The largest absolute Gasteiger partial charge is 0.380 e. The van der Waals surface area contributed by atoms with Crippen LogP contribution in [-0.4, -0.2) is 39.4 Å². The number of rotatable bonds is 11. The van der Waals surface area contributed by atoms with Crippen LogP contribution in [0, 0.1) is 5.92 Å². The Bertz CT molecular complexity index is 481. The van der Waals surface area contributed by atoms with Gasteiger partial charge in [-0.25, -0.2) is 4.99 Å². The Balaban J connectivity index is 0.00000576. The van der Waals surface area contributed by atoms with Crippen molar-refractivity contribution in [3.05, 3.63) is 35.4 Å². The minimum Gasteiger partial charge on any atom is -0.380 e. The number of halogens is 1. The number of hydrogen-bond acceptors (Lipinski definition) is 3. The molecule has 1 aromatic rings. The number of nitrogens with one attached hydrogen (secondary N) is 2. The van der Waals surface area contributed by atoms with E-state index in [0.29, 0.717) is 25.7 Å². The Labute approximate surface area is 170 Å². The Morgan fingerprint density at radius 3 is 2.48 bits per heavy atom. The normalized spacial score (nSPS) is 11.3. The van der Waals surface area contributed by atoms with Gasteiger partial charge in [0, 0.05) is 26.8 Å². The van der Waals surface area contributed by atoms with Crippen molar-refractivity contribution in [1.82, 2.24) is 10.6 Å². The molecule has 0 heterocycles. The van der Waals surface area contributed by atoms with Gasteiger partial charge in [-0.05, 0) is 30.4 Å². The highest BCUT2D eigenvalue weighted by atomic mass is 127. The lowest BCUT2D eigenvalue weighted by molar-refractivity contribution is 0.128. The Morgan fingerprint density at radius 2 is 1.84 bits per heavy atom. The molecule has 6 heteroatoms. The fourth-order valence-corrected chi connectivity index (χ4v) is 2.18. The fourth-order valence-electron chi connectivity index (χ4n) is 2.18. The van der Waals surface area contributed by atoms with E-state index < -0.39 is 0 Å². The molecule has 1 rings (SSSR count). The number of benzene rings is 1. The highest BCUT2D eigenvalue weighted by Crippen LogP contribution is 2.11. The smallest absolute Gasteiger partial charge is 0.191 e. The average molecular weight is 463 g/mol. The molecule has 0 atom stereocenters. The zero-order valence-corrected chi connectivity index (χ0v) is 18.3. The van der Waals surface area contributed by atoms with E-state index in [1.54, 1.807) is 7.11 Å². The first-order valence-corrected chi connectivity index (χ1v) is 8.83. The summed E-state index contributed by atoms with van der Waals surface area (Å²) in [5.41, 5.74) is 2.36. The number of ether oxygens (including phenoxy) is 2. The van der Waals surface area contributed by atoms with Crippen LogP contribution in [0.4, 0.5) is 0 Å². The van der Waals surface area contributed by atoms with Gasteiger partial charge in [-0.15, -0.1) is 24.0 Å². The van der Waals surface area contributed by atoms with Crippen molar-refractivity contribution in [2.24, 2.45) is 10.9 Å². The second kappa shape index (κ2) is 15.4. The molecular weight excluding hydrogens is 429 g/mol. The quantitative estimate of drug-likeness (QED) is 0.228. The molecule has 144 valence electrons. The first-order chi connectivity index (χ1) is 11.7. The predicted octanol–water partition coefficient (Wildman–Crippen LogP) is 3.57. The third kappa shape index (κ3) is 11.4. The maximum absolute atomic E-state index is 5.63. The molecule has 5 nitrogen and oxygen atoms in total. The maximum atomic E-state index is 5.63. The zero-order valence-electron chi connectivity index (χ0n) is 16.0. The summed E-state index contributed by atoms with van der Waals surface area (Å²) in [5, 5.41) is 6.58. The lowest BCUT2D eigenvalue weighted by Gasteiger charge is -2.13. The van der Waals surface area contributed by atoms with E-state index in [-0.39, 0.29) is 24.0 Å². The van der Waals surface area contributed by atoms with E-state index in [4.69, 9.17) is 9.47 Å². The van der Waals surface area contributed by atoms with E-state index in [1.807, 2.05) is 12.1 Å². The number of nitrogens with zero attached hydrogens (tertiary/aromatic N) is 1. The van der Waals surface area contributed by atoms with Crippen molar-refractivity contribution in [2.75, 3.05) is 33.4 Å². The molecule has 1 aromatic carbocycles. The van der Waals surface area contributed by atoms with Crippen LogP contribution in [0.1, 0.15) is 38.3 Å². The van der Waals surface area contributed by atoms with Crippen LogP contribution in [0.5, 0.6) is 0 Å². The molecule has 2 N–H and O–H groups in total. The van der Waals surface area contributed by atoms with E-state index >= 15 is 0 Å². The van der Waals surface area contributed by atoms with Crippen LogP contribution in [0.2, 0.25) is 0 Å². The molecule has 0 aliphatic carbocycles. The summed E-state index contributed by atoms with van der Waals surface area (Å²) in [6, 6.07) is 8.24. The summed E-state index contributed by atoms with van der Waals surface area (Å²) in [5.74, 6) is 1.50. The summed E-state index contributed by atoms with van der Waals surface area (Å²) in [6.07, 6.45) is 1.10. The molecule has 0 radical (unpaired) electrons. The summed E-state index contributed by atoms with van der Waals surface area (Å²) >= 11 is 0. The maximum Gasteiger partial charge on any atom is 0.191 e. The molecule has 0 aliphatic rings. The van der Waals surface area contributed by atoms with Crippen LogP contribution in [0.3, 0.4) is 0 Å². The van der Waals surface area contributed by atoms with E-state index in [1.165, 1.54) is 11.1 Å². The van der Waals surface area contributed by atoms with E-state index in [9.17, 15) is 0 Å². The van der Waals surface area contributed by atoms with Gasteiger partial charge >= 0.3 is 0 Å². The highest BCUT2D eigenvalue weighted by molar-refractivity contribution is 14.0. The first-order valence-electron chi connectivity index (χ1n) is 8.83. The van der Waals surface area contributed by atoms with Crippen LogP contribution in [0.15, 0.2) is 29.3 Å². The van der Waals surface area contributed by atoms with Gasteiger partial charge in [-0.3, -0.25) is 0 Å². The topological polar surface area (TPSA) is 54.9 Å². The monoisotopic (exact) mass is 463 g/mol. The third-order valence-corrected chi connectivity index (χ3v) is 3.55. The van der Waals surface area contributed by atoms with Crippen LogP contribution in [-0.2, 0) is 22.6 Å². The van der Waals surface area contributed by atoms with Gasteiger partial charge in [0.1, 0.15) is 0 Å². The van der Waals surface area contributed by atoms with Gasteiger partial charge in [0.2, 0.25) is 0 Å². The standard InChI is InChI=1S/C19H33N3O2.HI/c1-5-20-19(21-11-13-24-12-10-16(2)3)22-14-17-8-6-7-9-18(17)15-23-4;/h6-9,16H,5,10-15H2,1-4H3,(H2,20,21,22);1H. The van der Waals surface area contributed by atoms with Crippen molar-refractivity contribution in [1.29, 1.82) is 0 Å². The molecule has 0 amide bonds. The Morgan fingerprint density at radius 1 is 1.12 bits per heavy atom. The SMILES string of the molecule is CCNC(=NCc1ccccc1COC)NCCOCCC(C)C.I. The zero-order chi connectivity index (χ0) is 17.6. The van der Waals surface area contributed by atoms with Gasteiger partial charge in [-0.2, -0.15) is 0 Å². The fraction of sp³-hybridized carbons (Fsp3) is 0.632. The molecule has 0 unspecified atom stereocenters. The summed E-state index contributed by atoms with van der Waals surface area (Å²) < 4.78 is 10.9. The van der Waals surface area contributed by atoms with Crippen molar-refractivity contribution < 1.29 is 9.47 Å². The van der Waals surface area contributed by atoms with Gasteiger partial charge in [-0.1, -0.05) is 38.1 Å². The molecule has 0 spiro atoms. The Hall–Kier alpha value is -0.860. The van der Waals surface area contributed by atoms with E-state index in [0.717, 1.165) is 32.1 Å². The molecule has 0 saturated heterocycles. The molecule has 0 aliphatic heterocycles. The minimum absolute atomic E-state index is 0. The van der Waals surface area contributed by atoms with Crippen molar-refractivity contribution >= 4 is 29.9 Å². The van der Waals surface area contributed by atoms with Crippen molar-refractivity contribution in [3.8, 4) is 0 Å². The predicted molar refractivity (Wildman–Crippen MR) is 116 cm³/mol. The molecule has 0 saturated carbocycles. The number of guanidine groups is 1. The lowest BCUT2D eigenvalue weighted by atomic mass is 10.1. The van der Waals surface area contributed by atoms with Crippen LogP contribution in [0.25, 0.3) is 0 Å². The lowest BCUT2D eigenvalue weighted by Crippen LogP contribution is -2.39. The number of hydrogen-bond donors (Lipinski definition) is 2. The van der Waals surface area contributed by atoms with Crippen LogP contribution < -0.4 is 10.6 Å². The third-order valence-electron chi connectivity index (χ3n) is 3.55. The average Bonchev–Trinajstić information content (AvgIpc) is 2.56. The van der Waals surface area contributed by atoms with Gasteiger partial charge < -0.3 is 20.1 Å². The number of methoxy groups -OCH3 is 1. The van der Waals surface area contributed by atoms with Crippen molar-refractivity contribution in [3.63, 3.8) is 0 Å². The minimum atomic E-state index is 0.